The maximum Gasteiger partial charge on any atom is 0.255 e. The van der Waals surface area contributed by atoms with Gasteiger partial charge < -0.3 is 10.2 Å². The summed E-state index contributed by atoms with van der Waals surface area (Å²) in [5.74, 6) is 0.121. The number of hydrogen-bond donors (Lipinski definition) is 1. The second-order valence-electron chi connectivity index (χ2n) is 5.09. The maximum atomic E-state index is 12.5. The van der Waals surface area contributed by atoms with Crippen molar-refractivity contribution in [1.29, 1.82) is 0 Å². The summed E-state index contributed by atoms with van der Waals surface area (Å²) in [5.41, 5.74) is 0.699. The lowest BCUT2D eigenvalue weighted by atomic mass is 10.0. The van der Waals surface area contributed by atoms with Crippen LogP contribution in [-0.2, 0) is 0 Å². The van der Waals surface area contributed by atoms with E-state index in [2.05, 4.69) is 17.2 Å². The van der Waals surface area contributed by atoms with Crippen LogP contribution < -0.4 is 5.32 Å². The largest absolute Gasteiger partial charge is 0.333 e. The molecule has 1 fully saturated rings. The molecule has 0 bridgehead atoms. The number of carbonyl (C=O) groups excluding carboxylic acids is 1. The quantitative estimate of drug-likeness (QED) is 0.825. The fourth-order valence-electron chi connectivity index (χ4n) is 2.57. The molecule has 0 radical (unpaired) electrons. The van der Waals surface area contributed by atoms with Gasteiger partial charge in [-0.25, -0.2) is 0 Å². The van der Waals surface area contributed by atoms with Gasteiger partial charge >= 0.3 is 0 Å². The SMILES string of the molecule is CCCCCC1CNCCN1C(=O)c1cccnc1. The molecular weight excluding hydrogens is 238 g/mol. The molecule has 1 aliphatic rings. The molecule has 0 spiro atoms. The molecule has 4 nitrogen and oxygen atoms in total. The Labute approximate surface area is 115 Å². The van der Waals surface area contributed by atoms with Gasteiger partial charge in [0.25, 0.3) is 5.91 Å². The highest BCUT2D eigenvalue weighted by Gasteiger charge is 2.26. The number of aromatic nitrogens is 1. The predicted molar refractivity (Wildman–Crippen MR) is 76.1 cm³/mol. The Morgan fingerprint density at radius 1 is 1.53 bits per heavy atom. The highest BCUT2D eigenvalue weighted by atomic mass is 16.2. The van der Waals surface area contributed by atoms with Gasteiger partial charge in [-0.3, -0.25) is 9.78 Å². The fraction of sp³-hybridized carbons (Fsp3) is 0.600. The maximum absolute atomic E-state index is 12.5. The second kappa shape index (κ2) is 7.24. The minimum atomic E-state index is 0.121. The van der Waals surface area contributed by atoms with Gasteiger partial charge in [0.05, 0.1) is 5.56 Å². The van der Waals surface area contributed by atoms with E-state index in [4.69, 9.17) is 0 Å². The molecule has 1 amide bonds. The molecule has 0 saturated carbocycles. The van der Waals surface area contributed by atoms with Crippen LogP contribution in [0.5, 0.6) is 0 Å². The van der Waals surface area contributed by atoms with Crippen molar-refractivity contribution in [1.82, 2.24) is 15.2 Å². The Balaban J connectivity index is 2.00. The molecule has 2 heterocycles. The number of nitrogens with one attached hydrogen (secondary N) is 1. The van der Waals surface area contributed by atoms with Crippen LogP contribution in [0.15, 0.2) is 24.5 Å². The van der Waals surface area contributed by atoms with Crippen LogP contribution in [0, 0.1) is 0 Å². The zero-order valence-electron chi connectivity index (χ0n) is 11.6. The molecule has 2 rings (SSSR count). The molecule has 1 aromatic heterocycles. The third-order valence-electron chi connectivity index (χ3n) is 3.66. The van der Waals surface area contributed by atoms with Gasteiger partial charge in [-0.15, -0.1) is 0 Å². The van der Waals surface area contributed by atoms with Gasteiger partial charge in [-0.1, -0.05) is 26.2 Å². The summed E-state index contributed by atoms with van der Waals surface area (Å²) in [5, 5.41) is 3.39. The lowest BCUT2D eigenvalue weighted by Crippen LogP contribution is -2.53. The number of amides is 1. The summed E-state index contributed by atoms with van der Waals surface area (Å²) in [4.78, 5) is 18.6. The summed E-state index contributed by atoms with van der Waals surface area (Å²) in [6.07, 6.45) is 8.11. The van der Waals surface area contributed by atoms with Crippen LogP contribution in [-0.4, -0.2) is 41.5 Å². The average molecular weight is 261 g/mol. The topological polar surface area (TPSA) is 45.2 Å². The van der Waals surface area contributed by atoms with Crippen LogP contribution in [0.2, 0.25) is 0 Å². The molecular formula is C15H23N3O. The zero-order chi connectivity index (χ0) is 13.5. The Morgan fingerprint density at radius 3 is 3.16 bits per heavy atom. The van der Waals surface area contributed by atoms with Gasteiger partial charge in [-0.05, 0) is 18.6 Å². The van der Waals surface area contributed by atoms with Crippen molar-refractivity contribution in [2.75, 3.05) is 19.6 Å². The molecule has 0 aromatic carbocycles. The monoisotopic (exact) mass is 261 g/mol. The summed E-state index contributed by atoms with van der Waals surface area (Å²) in [7, 11) is 0. The number of rotatable bonds is 5. The van der Waals surface area contributed by atoms with Crippen LogP contribution in [0.3, 0.4) is 0 Å². The van der Waals surface area contributed by atoms with Crippen molar-refractivity contribution >= 4 is 5.91 Å². The lowest BCUT2D eigenvalue weighted by Gasteiger charge is -2.36. The smallest absolute Gasteiger partial charge is 0.255 e. The van der Waals surface area contributed by atoms with Gasteiger partial charge in [0.2, 0.25) is 0 Å². The third kappa shape index (κ3) is 3.77. The Hall–Kier alpha value is -1.42. The molecule has 19 heavy (non-hydrogen) atoms. The van der Waals surface area contributed by atoms with Crippen molar-refractivity contribution in [2.45, 2.75) is 38.6 Å². The summed E-state index contributed by atoms with van der Waals surface area (Å²) >= 11 is 0. The predicted octanol–water partition coefficient (Wildman–Crippen LogP) is 2.08. The first-order chi connectivity index (χ1) is 9.33. The van der Waals surface area contributed by atoms with E-state index in [9.17, 15) is 4.79 Å². The zero-order valence-corrected chi connectivity index (χ0v) is 11.6. The number of nitrogens with zero attached hydrogens (tertiary/aromatic N) is 2. The molecule has 1 aliphatic heterocycles. The minimum Gasteiger partial charge on any atom is -0.333 e. The fourth-order valence-corrected chi connectivity index (χ4v) is 2.57. The number of unbranched alkanes of at least 4 members (excludes halogenated alkanes) is 2. The first-order valence-electron chi connectivity index (χ1n) is 7.24. The summed E-state index contributed by atoms with van der Waals surface area (Å²) in [6, 6.07) is 4.00. The number of carbonyl (C=O) groups is 1. The first-order valence-corrected chi connectivity index (χ1v) is 7.24. The van der Waals surface area contributed by atoms with E-state index >= 15 is 0 Å². The third-order valence-corrected chi connectivity index (χ3v) is 3.66. The van der Waals surface area contributed by atoms with E-state index in [0.717, 1.165) is 26.1 Å². The standard InChI is InChI=1S/C15H23N3O/c1-2-3-4-7-14-12-17-9-10-18(14)15(19)13-6-5-8-16-11-13/h5-6,8,11,14,17H,2-4,7,9-10,12H2,1H3. The van der Waals surface area contributed by atoms with Crippen LogP contribution in [0.25, 0.3) is 0 Å². The van der Waals surface area contributed by atoms with E-state index in [1.54, 1.807) is 12.4 Å². The molecule has 0 aliphatic carbocycles. The van der Waals surface area contributed by atoms with Gasteiger partial charge in [-0.2, -0.15) is 0 Å². The van der Waals surface area contributed by atoms with Crippen molar-refractivity contribution < 1.29 is 4.79 Å². The lowest BCUT2D eigenvalue weighted by molar-refractivity contribution is 0.0621. The van der Waals surface area contributed by atoms with Crippen molar-refractivity contribution in [3.8, 4) is 0 Å². The number of pyridine rings is 1. The van der Waals surface area contributed by atoms with Gasteiger partial charge in [0.1, 0.15) is 0 Å². The average Bonchev–Trinajstić information content (AvgIpc) is 2.48. The van der Waals surface area contributed by atoms with Crippen molar-refractivity contribution in [3.63, 3.8) is 0 Å². The van der Waals surface area contributed by atoms with E-state index in [-0.39, 0.29) is 5.91 Å². The van der Waals surface area contributed by atoms with E-state index in [1.807, 2.05) is 17.0 Å². The first kappa shape index (κ1) is 14.0. The molecule has 1 saturated heterocycles. The highest BCUT2D eigenvalue weighted by Crippen LogP contribution is 2.15. The van der Waals surface area contributed by atoms with Crippen LogP contribution in [0.4, 0.5) is 0 Å². The summed E-state index contributed by atoms with van der Waals surface area (Å²) in [6.45, 7) is 4.80. The second-order valence-corrected chi connectivity index (χ2v) is 5.09. The molecule has 4 heteroatoms. The molecule has 1 N–H and O–H groups in total. The Kier molecular flexibility index (Phi) is 5.33. The van der Waals surface area contributed by atoms with E-state index in [1.165, 1.54) is 19.3 Å². The molecule has 1 atom stereocenters. The van der Waals surface area contributed by atoms with Crippen LogP contribution >= 0.6 is 0 Å². The number of hydrogen-bond acceptors (Lipinski definition) is 3. The number of piperazine rings is 1. The highest BCUT2D eigenvalue weighted by molar-refractivity contribution is 5.94. The van der Waals surface area contributed by atoms with Crippen LogP contribution in [0.1, 0.15) is 43.0 Å². The van der Waals surface area contributed by atoms with Crippen molar-refractivity contribution in [2.24, 2.45) is 0 Å². The van der Waals surface area contributed by atoms with Crippen molar-refractivity contribution in [3.05, 3.63) is 30.1 Å². The molecule has 1 unspecified atom stereocenters. The Morgan fingerprint density at radius 2 is 2.42 bits per heavy atom. The van der Waals surface area contributed by atoms with E-state index < -0.39 is 0 Å². The normalized spacial score (nSPS) is 19.4. The molecule has 1 aromatic rings. The van der Waals surface area contributed by atoms with E-state index in [0.29, 0.717) is 11.6 Å². The summed E-state index contributed by atoms with van der Waals surface area (Å²) < 4.78 is 0. The van der Waals surface area contributed by atoms with Gasteiger partial charge in [0, 0.05) is 38.1 Å². The minimum absolute atomic E-state index is 0.121. The molecule has 104 valence electrons. The van der Waals surface area contributed by atoms with Gasteiger partial charge in [0.15, 0.2) is 0 Å². The Bertz CT molecular complexity index is 394.